The maximum Gasteiger partial charge on any atom is 0.0338 e. The highest BCUT2D eigenvalue weighted by Crippen LogP contribution is 2.39. The first-order valence-electron chi connectivity index (χ1n) is 7.71. The highest BCUT2D eigenvalue weighted by molar-refractivity contribution is 5.31. The summed E-state index contributed by atoms with van der Waals surface area (Å²) in [6.45, 7) is 6.96. The average molecular weight is 258 g/mol. The van der Waals surface area contributed by atoms with Crippen LogP contribution in [0, 0.1) is 5.41 Å². The van der Waals surface area contributed by atoms with E-state index in [4.69, 9.17) is 0 Å². The first-order chi connectivity index (χ1) is 9.17. The predicted molar refractivity (Wildman–Crippen MR) is 80.1 cm³/mol. The lowest BCUT2D eigenvalue weighted by molar-refractivity contribution is 0.258. The zero-order valence-electron chi connectivity index (χ0n) is 12.2. The van der Waals surface area contributed by atoms with Crippen LogP contribution in [0.5, 0.6) is 0 Å². The van der Waals surface area contributed by atoms with Crippen molar-refractivity contribution in [3.8, 4) is 0 Å². The van der Waals surface area contributed by atoms with Crippen LogP contribution in [0.4, 0.5) is 0 Å². The molecule has 19 heavy (non-hydrogen) atoms. The molecule has 1 aromatic rings. The highest BCUT2D eigenvalue weighted by atomic mass is 15.0. The van der Waals surface area contributed by atoms with Crippen LogP contribution in [-0.2, 0) is 6.54 Å². The Labute approximate surface area is 117 Å². The zero-order valence-corrected chi connectivity index (χ0v) is 12.2. The van der Waals surface area contributed by atoms with Crippen LogP contribution in [0.15, 0.2) is 24.3 Å². The van der Waals surface area contributed by atoms with Crippen molar-refractivity contribution >= 4 is 0 Å². The molecule has 2 atom stereocenters. The van der Waals surface area contributed by atoms with E-state index in [9.17, 15) is 0 Å². The highest BCUT2D eigenvalue weighted by Gasteiger charge is 2.36. The lowest BCUT2D eigenvalue weighted by Crippen LogP contribution is -2.40. The second kappa shape index (κ2) is 5.26. The van der Waals surface area contributed by atoms with Crippen molar-refractivity contribution in [1.82, 2.24) is 10.6 Å². The molecule has 3 rings (SSSR count). The molecule has 1 aromatic carbocycles. The van der Waals surface area contributed by atoms with Gasteiger partial charge in [-0.3, -0.25) is 0 Å². The minimum atomic E-state index is 0.453. The average Bonchev–Trinajstić information content (AvgIpc) is 2.62. The summed E-state index contributed by atoms with van der Waals surface area (Å²) < 4.78 is 0. The van der Waals surface area contributed by atoms with Crippen molar-refractivity contribution in [2.24, 2.45) is 5.41 Å². The molecule has 1 fully saturated rings. The van der Waals surface area contributed by atoms with Gasteiger partial charge in [-0.15, -0.1) is 0 Å². The summed E-state index contributed by atoms with van der Waals surface area (Å²) in [7, 11) is 0. The van der Waals surface area contributed by atoms with E-state index in [2.05, 4.69) is 48.7 Å². The molecule has 0 amide bonds. The van der Waals surface area contributed by atoms with Gasteiger partial charge in [0, 0.05) is 18.6 Å². The van der Waals surface area contributed by atoms with Crippen LogP contribution in [0.1, 0.15) is 56.7 Å². The second-order valence-corrected chi connectivity index (χ2v) is 6.82. The molecule has 0 bridgehead atoms. The minimum Gasteiger partial charge on any atom is -0.313 e. The fourth-order valence-electron chi connectivity index (χ4n) is 3.71. The van der Waals surface area contributed by atoms with Gasteiger partial charge in [0.15, 0.2) is 0 Å². The third-order valence-electron chi connectivity index (χ3n) is 5.02. The Bertz CT molecular complexity index is 439. The van der Waals surface area contributed by atoms with Crippen molar-refractivity contribution in [3.05, 3.63) is 35.4 Å². The lowest BCUT2D eigenvalue weighted by Gasteiger charge is -2.32. The minimum absolute atomic E-state index is 0.453. The SMILES string of the molecule is CC1(C)CCCC1NC1CCNCc2ccccc21. The summed E-state index contributed by atoms with van der Waals surface area (Å²) in [6, 6.07) is 10.1. The van der Waals surface area contributed by atoms with E-state index in [1.165, 1.54) is 36.8 Å². The van der Waals surface area contributed by atoms with Crippen molar-refractivity contribution in [2.45, 2.75) is 58.2 Å². The molecule has 2 N–H and O–H groups in total. The van der Waals surface area contributed by atoms with Crippen LogP contribution in [0.2, 0.25) is 0 Å². The first-order valence-corrected chi connectivity index (χ1v) is 7.71. The maximum absolute atomic E-state index is 3.96. The summed E-state index contributed by atoms with van der Waals surface area (Å²) >= 11 is 0. The van der Waals surface area contributed by atoms with Gasteiger partial charge in [-0.1, -0.05) is 44.5 Å². The Hall–Kier alpha value is -0.860. The Morgan fingerprint density at radius 2 is 2.05 bits per heavy atom. The Balaban J connectivity index is 1.81. The third-order valence-corrected chi connectivity index (χ3v) is 5.02. The van der Waals surface area contributed by atoms with Gasteiger partial charge in [0.05, 0.1) is 0 Å². The topological polar surface area (TPSA) is 24.1 Å². The summed E-state index contributed by atoms with van der Waals surface area (Å²) in [5.74, 6) is 0. The number of rotatable bonds is 2. The molecule has 2 nitrogen and oxygen atoms in total. The number of benzene rings is 1. The van der Waals surface area contributed by atoms with Crippen LogP contribution in [0.3, 0.4) is 0 Å². The van der Waals surface area contributed by atoms with Crippen molar-refractivity contribution < 1.29 is 0 Å². The van der Waals surface area contributed by atoms with E-state index < -0.39 is 0 Å². The van der Waals surface area contributed by atoms with Gasteiger partial charge in [0.1, 0.15) is 0 Å². The third kappa shape index (κ3) is 2.70. The molecule has 1 aliphatic heterocycles. The van der Waals surface area contributed by atoms with Gasteiger partial charge in [-0.2, -0.15) is 0 Å². The van der Waals surface area contributed by atoms with E-state index in [0.717, 1.165) is 13.1 Å². The number of hydrogen-bond donors (Lipinski definition) is 2. The van der Waals surface area contributed by atoms with Crippen molar-refractivity contribution in [2.75, 3.05) is 6.54 Å². The normalized spacial score (nSPS) is 29.8. The van der Waals surface area contributed by atoms with E-state index in [1.807, 2.05) is 0 Å². The quantitative estimate of drug-likeness (QED) is 0.849. The van der Waals surface area contributed by atoms with Gasteiger partial charge in [0.25, 0.3) is 0 Å². The monoisotopic (exact) mass is 258 g/mol. The molecule has 0 saturated heterocycles. The number of fused-ring (bicyclic) bond motifs is 1. The number of hydrogen-bond acceptors (Lipinski definition) is 2. The van der Waals surface area contributed by atoms with Crippen LogP contribution in [-0.4, -0.2) is 12.6 Å². The smallest absolute Gasteiger partial charge is 0.0338 e. The molecule has 1 aliphatic carbocycles. The summed E-state index contributed by atoms with van der Waals surface area (Å²) in [4.78, 5) is 0. The molecular weight excluding hydrogens is 232 g/mol. The Morgan fingerprint density at radius 3 is 2.84 bits per heavy atom. The standard InChI is InChI=1S/C17H26N2/c1-17(2)10-5-8-16(17)19-15-9-11-18-12-13-6-3-4-7-14(13)15/h3-4,6-7,15-16,18-19H,5,8-12H2,1-2H3. The van der Waals surface area contributed by atoms with Gasteiger partial charge in [0.2, 0.25) is 0 Å². The van der Waals surface area contributed by atoms with E-state index in [-0.39, 0.29) is 0 Å². The van der Waals surface area contributed by atoms with E-state index in [0.29, 0.717) is 17.5 Å². The second-order valence-electron chi connectivity index (χ2n) is 6.82. The van der Waals surface area contributed by atoms with Crippen molar-refractivity contribution in [3.63, 3.8) is 0 Å². The Morgan fingerprint density at radius 1 is 1.21 bits per heavy atom. The first kappa shape index (κ1) is 13.1. The molecule has 2 heteroatoms. The molecule has 104 valence electrons. The van der Waals surface area contributed by atoms with Crippen LogP contribution in [0.25, 0.3) is 0 Å². The lowest BCUT2D eigenvalue weighted by atomic mass is 9.86. The predicted octanol–water partition coefficient (Wildman–Crippen LogP) is 3.39. The molecule has 1 heterocycles. The zero-order chi connectivity index (χ0) is 13.3. The molecule has 2 unspecified atom stereocenters. The van der Waals surface area contributed by atoms with Crippen molar-refractivity contribution in [1.29, 1.82) is 0 Å². The molecule has 1 saturated carbocycles. The van der Waals surface area contributed by atoms with E-state index in [1.54, 1.807) is 0 Å². The van der Waals surface area contributed by atoms with Crippen LogP contribution >= 0.6 is 0 Å². The van der Waals surface area contributed by atoms with Gasteiger partial charge in [-0.25, -0.2) is 0 Å². The maximum atomic E-state index is 3.96. The number of nitrogens with one attached hydrogen (secondary N) is 2. The van der Waals surface area contributed by atoms with Crippen LogP contribution < -0.4 is 10.6 Å². The molecular formula is C17H26N2. The summed E-state index contributed by atoms with van der Waals surface area (Å²) in [5, 5.41) is 7.50. The fourth-order valence-corrected chi connectivity index (χ4v) is 3.71. The molecule has 2 aliphatic rings. The molecule has 0 radical (unpaired) electrons. The van der Waals surface area contributed by atoms with Gasteiger partial charge in [-0.05, 0) is 42.3 Å². The summed E-state index contributed by atoms with van der Waals surface area (Å²) in [6.07, 6.45) is 5.26. The molecule has 0 aromatic heterocycles. The molecule has 0 spiro atoms. The fraction of sp³-hybridized carbons (Fsp3) is 0.647. The summed E-state index contributed by atoms with van der Waals surface area (Å²) in [5.41, 5.74) is 3.43. The van der Waals surface area contributed by atoms with Gasteiger partial charge < -0.3 is 10.6 Å². The van der Waals surface area contributed by atoms with E-state index >= 15 is 0 Å². The largest absolute Gasteiger partial charge is 0.313 e. The Kier molecular flexibility index (Phi) is 3.64. The van der Waals surface area contributed by atoms with Gasteiger partial charge >= 0.3 is 0 Å².